The van der Waals surface area contributed by atoms with E-state index in [-0.39, 0.29) is 5.57 Å². The lowest BCUT2D eigenvalue weighted by atomic mass is 10.2. The van der Waals surface area contributed by atoms with Crippen molar-refractivity contribution in [2.75, 3.05) is 0 Å². The molecule has 0 saturated heterocycles. The van der Waals surface area contributed by atoms with Crippen LogP contribution < -0.4 is 0 Å². The van der Waals surface area contributed by atoms with Crippen molar-refractivity contribution in [2.45, 2.75) is 5.22 Å². The molecule has 0 aliphatic heterocycles. The molecule has 25 heavy (non-hydrogen) atoms. The third kappa shape index (κ3) is 4.10. The Morgan fingerprint density at radius 1 is 1.04 bits per heavy atom. The molecule has 1 heterocycles. The van der Waals surface area contributed by atoms with Crippen molar-refractivity contribution in [3.8, 4) is 12.1 Å². The Balaban J connectivity index is 2.00. The number of benzene rings is 2. The van der Waals surface area contributed by atoms with Crippen LogP contribution in [0.15, 0.2) is 75.9 Å². The summed E-state index contributed by atoms with van der Waals surface area (Å²) in [7, 11) is 0. The van der Waals surface area contributed by atoms with E-state index in [9.17, 15) is 0 Å². The van der Waals surface area contributed by atoms with E-state index >= 15 is 0 Å². The minimum absolute atomic E-state index is 0.0182. The largest absolute Gasteiger partial charge is 0.431 e. The molecular weight excluding hydrogens is 354 g/mol. The van der Waals surface area contributed by atoms with Crippen LogP contribution in [0.5, 0.6) is 0 Å². The second kappa shape index (κ2) is 7.72. The Morgan fingerprint density at radius 3 is 2.44 bits per heavy atom. The van der Waals surface area contributed by atoms with Crippen LogP contribution in [0, 0.1) is 22.7 Å². The fourth-order valence-corrected chi connectivity index (χ4v) is 3.03. The summed E-state index contributed by atoms with van der Waals surface area (Å²) in [5.41, 5.74) is 2.37. The number of nitrogens with zero attached hydrogens (tertiary/aromatic N) is 3. The van der Waals surface area contributed by atoms with Crippen molar-refractivity contribution < 1.29 is 4.42 Å². The molecular formula is C19H10ClN3OS. The molecule has 6 heteroatoms. The van der Waals surface area contributed by atoms with E-state index in [2.05, 4.69) is 4.98 Å². The minimum atomic E-state index is 0.0182. The zero-order valence-electron chi connectivity index (χ0n) is 12.8. The van der Waals surface area contributed by atoms with Gasteiger partial charge in [0.05, 0.1) is 0 Å². The van der Waals surface area contributed by atoms with Gasteiger partial charge in [0.15, 0.2) is 5.58 Å². The average Bonchev–Trinajstić information content (AvgIpc) is 3.04. The number of rotatable bonds is 4. The second-order valence-electron chi connectivity index (χ2n) is 4.89. The second-order valence-corrected chi connectivity index (χ2v) is 6.32. The Kier molecular flexibility index (Phi) is 5.20. The molecule has 0 unspecified atom stereocenters. The first-order valence-corrected chi connectivity index (χ1v) is 8.40. The van der Waals surface area contributed by atoms with Gasteiger partial charge < -0.3 is 4.42 Å². The molecule has 0 N–H and O–H groups in total. The maximum absolute atomic E-state index is 8.91. The maximum Gasteiger partial charge on any atom is 0.261 e. The number of para-hydroxylation sites is 2. The first-order chi connectivity index (χ1) is 12.2. The number of nitriles is 2. The van der Waals surface area contributed by atoms with Crippen LogP contribution in [0.4, 0.5) is 0 Å². The third-order valence-corrected chi connectivity index (χ3v) is 4.44. The molecule has 0 saturated carbocycles. The van der Waals surface area contributed by atoms with Crippen molar-refractivity contribution in [3.63, 3.8) is 0 Å². The number of aromatic nitrogens is 1. The molecule has 0 bridgehead atoms. The van der Waals surface area contributed by atoms with Gasteiger partial charge in [-0.25, -0.2) is 4.98 Å². The molecule has 0 radical (unpaired) electrons. The molecule has 3 rings (SSSR count). The van der Waals surface area contributed by atoms with Crippen LogP contribution in [0.3, 0.4) is 0 Å². The molecule has 0 atom stereocenters. The molecule has 3 aromatic rings. The van der Waals surface area contributed by atoms with Gasteiger partial charge in [-0.3, -0.25) is 0 Å². The highest BCUT2D eigenvalue weighted by molar-refractivity contribution is 8.08. The van der Waals surface area contributed by atoms with Gasteiger partial charge in [0.1, 0.15) is 23.2 Å². The molecule has 0 aliphatic carbocycles. The summed E-state index contributed by atoms with van der Waals surface area (Å²) < 4.78 is 5.74. The molecule has 0 spiro atoms. The van der Waals surface area contributed by atoms with E-state index in [0.29, 0.717) is 15.8 Å². The number of fused-ring (bicyclic) bond motifs is 1. The van der Waals surface area contributed by atoms with Gasteiger partial charge in [0.25, 0.3) is 5.22 Å². The zero-order chi connectivity index (χ0) is 17.6. The summed E-state index contributed by atoms with van der Waals surface area (Å²) in [6, 6.07) is 18.4. The van der Waals surface area contributed by atoms with Gasteiger partial charge in [-0.15, -0.1) is 0 Å². The lowest BCUT2D eigenvalue weighted by Gasteiger charge is -2.04. The Bertz CT molecular complexity index is 1000. The van der Waals surface area contributed by atoms with Crippen molar-refractivity contribution in [1.82, 2.24) is 4.98 Å². The predicted molar refractivity (Wildman–Crippen MR) is 98.6 cm³/mol. The highest BCUT2D eigenvalue weighted by Gasteiger charge is 2.10. The predicted octanol–water partition coefficient (Wildman–Crippen LogP) is 5.59. The summed E-state index contributed by atoms with van der Waals surface area (Å²) in [5, 5.41) is 18.9. The first-order valence-electron chi connectivity index (χ1n) is 7.21. The fourth-order valence-electron chi connectivity index (χ4n) is 2.05. The van der Waals surface area contributed by atoms with Gasteiger partial charge in [0.2, 0.25) is 0 Å². The van der Waals surface area contributed by atoms with Gasteiger partial charge in [-0.1, -0.05) is 35.9 Å². The monoisotopic (exact) mass is 363 g/mol. The molecule has 0 amide bonds. The molecule has 120 valence electrons. The summed E-state index contributed by atoms with van der Waals surface area (Å²) in [5.74, 6) is 0. The van der Waals surface area contributed by atoms with E-state index < -0.39 is 0 Å². The summed E-state index contributed by atoms with van der Waals surface area (Å²) in [6.45, 7) is 0. The van der Waals surface area contributed by atoms with Crippen molar-refractivity contribution >= 4 is 39.4 Å². The van der Waals surface area contributed by atoms with Crippen molar-refractivity contribution in [1.29, 1.82) is 10.5 Å². The van der Waals surface area contributed by atoms with Crippen LogP contribution >= 0.6 is 23.4 Å². The number of hydrogen-bond donors (Lipinski definition) is 0. The lowest BCUT2D eigenvalue weighted by Crippen LogP contribution is -1.81. The van der Waals surface area contributed by atoms with Crippen LogP contribution in [0.1, 0.15) is 5.56 Å². The van der Waals surface area contributed by atoms with Crippen molar-refractivity contribution in [3.05, 3.63) is 76.8 Å². The molecule has 1 aromatic heterocycles. The van der Waals surface area contributed by atoms with Crippen LogP contribution in [0.25, 0.3) is 16.0 Å². The van der Waals surface area contributed by atoms with Crippen LogP contribution in [0.2, 0.25) is 5.02 Å². The summed E-state index contributed by atoms with van der Waals surface area (Å²) in [4.78, 5) is 5.23. The number of thioether (sulfide) groups is 1. The lowest BCUT2D eigenvalue weighted by molar-refractivity contribution is 0.490. The van der Waals surface area contributed by atoms with Gasteiger partial charge in [-0.2, -0.15) is 10.5 Å². The molecule has 0 fully saturated rings. The molecule has 4 nitrogen and oxygen atoms in total. The number of oxazole rings is 1. The maximum atomic E-state index is 8.91. The smallest absolute Gasteiger partial charge is 0.261 e. The number of allylic oxidation sites excluding steroid dienone is 3. The standard InChI is InChI=1S/C19H10ClN3OS/c20-15-8-6-14(7-9-15)18(10-5-13(11-21)12-22)25-19-23-16-3-1-2-4-17(16)24-19/h1-10H/b18-10+. The zero-order valence-corrected chi connectivity index (χ0v) is 14.4. The van der Waals surface area contributed by atoms with E-state index in [1.54, 1.807) is 18.2 Å². The molecule has 2 aromatic carbocycles. The normalized spacial score (nSPS) is 10.9. The highest BCUT2D eigenvalue weighted by Crippen LogP contribution is 2.36. The fraction of sp³-hybridized carbons (Fsp3) is 0. The Hall–Kier alpha value is -2.99. The quantitative estimate of drug-likeness (QED) is 0.343. The average molecular weight is 364 g/mol. The van der Waals surface area contributed by atoms with Gasteiger partial charge >= 0.3 is 0 Å². The topological polar surface area (TPSA) is 73.6 Å². The van der Waals surface area contributed by atoms with Crippen LogP contribution in [-0.4, -0.2) is 4.98 Å². The van der Waals surface area contributed by atoms with Crippen LogP contribution in [-0.2, 0) is 0 Å². The third-order valence-electron chi connectivity index (χ3n) is 3.24. The summed E-state index contributed by atoms with van der Waals surface area (Å²) >= 11 is 7.26. The molecule has 0 aliphatic rings. The van der Waals surface area contributed by atoms with Crippen molar-refractivity contribution in [2.24, 2.45) is 0 Å². The van der Waals surface area contributed by atoms with E-state index in [4.69, 9.17) is 26.5 Å². The van der Waals surface area contributed by atoms with Gasteiger partial charge in [0, 0.05) is 9.93 Å². The number of hydrogen-bond acceptors (Lipinski definition) is 5. The minimum Gasteiger partial charge on any atom is -0.431 e. The Morgan fingerprint density at radius 2 is 1.76 bits per heavy atom. The Labute approximate surface area is 153 Å². The number of halogens is 1. The van der Waals surface area contributed by atoms with Gasteiger partial charge in [-0.05, 0) is 53.7 Å². The first kappa shape index (κ1) is 16.9. The van der Waals surface area contributed by atoms with E-state index in [1.165, 1.54) is 17.8 Å². The van der Waals surface area contributed by atoms with E-state index in [1.807, 2.05) is 48.5 Å². The summed E-state index contributed by atoms with van der Waals surface area (Å²) in [6.07, 6.45) is 3.17. The highest BCUT2D eigenvalue weighted by atomic mass is 35.5. The van der Waals surface area contributed by atoms with E-state index in [0.717, 1.165) is 16.0 Å². The SMILES string of the molecule is N#CC(C#N)=C/C=C(/Sc1nc2ccccc2o1)c1ccc(Cl)cc1.